The molecule has 8 nitrogen and oxygen atoms in total. The Bertz CT molecular complexity index is 1920. The van der Waals surface area contributed by atoms with E-state index < -0.39 is 41.0 Å². The molecule has 4 aromatic rings. The number of hydrazine groups is 1. The largest absolute Gasteiger partial charge is 0.342 e. The minimum absolute atomic E-state index is 0.0182. The van der Waals surface area contributed by atoms with Crippen molar-refractivity contribution in [2.45, 2.75) is 11.8 Å². The lowest BCUT2D eigenvalue weighted by Gasteiger charge is -2.52. The molecule has 2 atom stereocenters. The van der Waals surface area contributed by atoms with E-state index in [1.807, 2.05) is 84.9 Å². The van der Waals surface area contributed by atoms with Gasteiger partial charge in [-0.2, -0.15) is 10.3 Å². The van der Waals surface area contributed by atoms with E-state index in [2.05, 4.69) is 10.4 Å². The number of rotatable bonds is 2. The third-order valence-electron chi connectivity index (χ3n) is 8.00. The molecule has 2 heterocycles. The Morgan fingerprint density at radius 2 is 1.38 bits per heavy atom. The third-order valence-corrected chi connectivity index (χ3v) is 8.91. The molecule has 194 valence electrons. The molecule has 3 aromatic carbocycles. The van der Waals surface area contributed by atoms with Gasteiger partial charge < -0.3 is 4.98 Å². The van der Waals surface area contributed by atoms with Gasteiger partial charge in [-0.1, -0.05) is 90.2 Å². The van der Waals surface area contributed by atoms with Crippen LogP contribution in [0.4, 0.5) is 0 Å². The number of thiazole rings is 1. The van der Waals surface area contributed by atoms with Crippen LogP contribution in [0.15, 0.2) is 83.7 Å². The van der Waals surface area contributed by atoms with Crippen LogP contribution in [0.25, 0.3) is 11.6 Å². The van der Waals surface area contributed by atoms with Crippen molar-refractivity contribution in [3.05, 3.63) is 126 Å². The molecule has 40 heavy (non-hydrogen) atoms. The molecule has 8 rings (SSSR count). The van der Waals surface area contributed by atoms with Crippen molar-refractivity contribution in [1.29, 1.82) is 5.26 Å². The fourth-order valence-electron chi connectivity index (χ4n) is 6.41. The second-order valence-electron chi connectivity index (χ2n) is 10.0. The molecule has 2 bridgehead atoms. The number of nitrogens with one attached hydrogen (secondary N) is 2. The van der Waals surface area contributed by atoms with Crippen LogP contribution in [-0.4, -0.2) is 27.7 Å². The average molecular weight is 545 g/mol. The van der Waals surface area contributed by atoms with Crippen LogP contribution >= 0.6 is 11.3 Å². The molecule has 3 amide bonds. The first-order chi connectivity index (χ1) is 19.5. The van der Waals surface area contributed by atoms with Crippen molar-refractivity contribution in [1.82, 2.24) is 15.4 Å². The van der Waals surface area contributed by atoms with Crippen LogP contribution in [-0.2, 0) is 14.4 Å². The summed E-state index contributed by atoms with van der Waals surface area (Å²) in [4.78, 5) is 56.8. The fourth-order valence-corrected chi connectivity index (χ4v) is 7.21. The molecule has 0 spiro atoms. The van der Waals surface area contributed by atoms with Gasteiger partial charge in [0.05, 0.1) is 17.2 Å². The number of nitriles is 1. The van der Waals surface area contributed by atoms with Crippen molar-refractivity contribution in [2.75, 3.05) is 0 Å². The Balaban J connectivity index is 1.32. The lowest BCUT2D eigenvalue weighted by molar-refractivity contribution is -0.164. The second-order valence-corrected chi connectivity index (χ2v) is 11.0. The highest BCUT2D eigenvalue weighted by Gasteiger charge is 2.59. The number of hydrogen-bond donors (Lipinski definition) is 2. The van der Waals surface area contributed by atoms with Crippen LogP contribution < -0.4 is 20.2 Å². The Hall–Kier alpha value is -5.07. The van der Waals surface area contributed by atoms with Crippen LogP contribution in [0, 0.1) is 23.2 Å². The molecular weight excluding hydrogens is 524 g/mol. The molecule has 0 saturated carbocycles. The van der Waals surface area contributed by atoms with Crippen molar-refractivity contribution in [3.63, 3.8) is 0 Å². The van der Waals surface area contributed by atoms with E-state index in [9.17, 15) is 24.4 Å². The molecule has 1 fully saturated rings. The monoisotopic (exact) mass is 544 g/mol. The van der Waals surface area contributed by atoms with Gasteiger partial charge in [-0.05, 0) is 33.9 Å². The maximum atomic E-state index is 14.0. The van der Waals surface area contributed by atoms with Gasteiger partial charge in [-0.3, -0.25) is 24.6 Å². The number of H-pyrrole nitrogens is 1. The van der Waals surface area contributed by atoms with E-state index in [0.29, 0.717) is 16.3 Å². The number of carbonyl (C=O) groups is 3. The second kappa shape index (κ2) is 9.00. The number of imide groups is 1. The quantitative estimate of drug-likeness (QED) is 0.399. The number of aromatic nitrogens is 1. The zero-order chi connectivity index (χ0) is 27.5. The lowest BCUT2D eigenvalue weighted by Crippen LogP contribution is -2.65. The van der Waals surface area contributed by atoms with E-state index >= 15 is 0 Å². The number of amides is 3. The molecule has 0 radical (unpaired) electrons. The first kappa shape index (κ1) is 24.0. The van der Waals surface area contributed by atoms with Crippen LogP contribution in [0.3, 0.4) is 0 Å². The summed E-state index contributed by atoms with van der Waals surface area (Å²) in [6.45, 7) is 0. The molecule has 1 aliphatic heterocycles. The molecule has 1 saturated heterocycles. The van der Waals surface area contributed by atoms with Gasteiger partial charge >= 0.3 is 0 Å². The maximum absolute atomic E-state index is 14.0. The lowest BCUT2D eigenvalue weighted by atomic mass is 9.53. The Labute approximate surface area is 231 Å². The maximum Gasteiger partial charge on any atom is 0.293 e. The van der Waals surface area contributed by atoms with Crippen molar-refractivity contribution < 1.29 is 14.4 Å². The number of carbonyl (C=O) groups excluding carboxylic acids is 3. The standard InChI is InChI=1S/C31H20N4O4S/c32-15-21(28-33-22(31(39)40-28)14-16-8-2-1-3-9-16)29(37)35-30(38)26-24-19-12-6-4-10-17(19)23(25(26)27(36)34-35)18-11-5-7-13-20(18)24/h1-14,23-26,33H,(H,34,36)/b22-14+,28-21+. The van der Waals surface area contributed by atoms with Gasteiger partial charge in [-0.25, -0.2) is 0 Å². The summed E-state index contributed by atoms with van der Waals surface area (Å²) >= 11 is 0.704. The third kappa shape index (κ3) is 3.43. The summed E-state index contributed by atoms with van der Waals surface area (Å²) in [6, 6.07) is 26.6. The van der Waals surface area contributed by atoms with Crippen molar-refractivity contribution in [2.24, 2.45) is 11.8 Å². The molecule has 2 N–H and O–H groups in total. The number of benzene rings is 3. The molecule has 3 aliphatic carbocycles. The minimum Gasteiger partial charge on any atom is -0.342 e. The Morgan fingerprint density at radius 3 is 1.95 bits per heavy atom. The molecule has 1 aromatic heterocycles. The van der Waals surface area contributed by atoms with E-state index in [-0.39, 0.29) is 20.7 Å². The summed E-state index contributed by atoms with van der Waals surface area (Å²) in [5.41, 5.74) is 6.79. The van der Waals surface area contributed by atoms with E-state index in [1.165, 1.54) is 0 Å². The molecule has 4 aliphatic rings. The smallest absolute Gasteiger partial charge is 0.293 e. The fraction of sp³-hybridized carbons (Fsp3) is 0.129. The normalized spacial score (nSPS) is 23.5. The van der Waals surface area contributed by atoms with E-state index in [4.69, 9.17) is 0 Å². The highest BCUT2D eigenvalue weighted by Crippen LogP contribution is 2.59. The number of nitrogens with zero attached hydrogens (tertiary/aromatic N) is 2. The minimum atomic E-state index is -0.980. The Kier molecular flexibility index (Phi) is 5.40. The topological polar surface area (TPSA) is 123 Å². The van der Waals surface area contributed by atoms with Gasteiger partial charge in [0, 0.05) is 11.8 Å². The average Bonchev–Trinajstić information content (AvgIpc) is 3.34. The highest BCUT2D eigenvalue weighted by atomic mass is 32.1. The molecule has 2 unspecified atom stereocenters. The van der Waals surface area contributed by atoms with Gasteiger partial charge in [-0.15, -0.1) is 0 Å². The molecule has 9 heteroatoms. The van der Waals surface area contributed by atoms with Gasteiger partial charge in [0.25, 0.3) is 16.6 Å². The molecular formula is C31H20N4O4S. The summed E-state index contributed by atoms with van der Waals surface area (Å²) in [7, 11) is 0. The zero-order valence-electron chi connectivity index (χ0n) is 20.8. The van der Waals surface area contributed by atoms with Gasteiger partial charge in [0.1, 0.15) is 10.7 Å². The number of aromatic amines is 1. The SMILES string of the molecule is N#C/C(C(=O)N1NC(=O)C2C3c4ccccc4C(c4ccccc43)C2C1=O)=c1/[nH]/c(=C/c2ccccc2)c(=O)s1. The van der Waals surface area contributed by atoms with Crippen LogP contribution in [0.5, 0.6) is 0 Å². The Morgan fingerprint density at radius 1 is 0.825 bits per heavy atom. The van der Waals surface area contributed by atoms with Crippen molar-refractivity contribution >= 4 is 40.7 Å². The van der Waals surface area contributed by atoms with E-state index in [1.54, 1.807) is 6.08 Å². The predicted octanol–water partition coefficient (Wildman–Crippen LogP) is 1.86. The van der Waals surface area contributed by atoms with Gasteiger partial charge in [0.15, 0.2) is 5.57 Å². The van der Waals surface area contributed by atoms with E-state index in [0.717, 1.165) is 27.8 Å². The summed E-state index contributed by atoms with van der Waals surface area (Å²) in [5.74, 6) is -4.24. The zero-order valence-corrected chi connectivity index (χ0v) is 21.6. The van der Waals surface area contributed by atoms with Crippen LogP contribution in [0.1, 0.15) is 39.7 Å². The first-order valence-electron chi connectivity index (χ1n) is 12.7. The van der Waals surface area contributed by atoms with Gasteiger partial charge in [0.2, 0.25) is 5.91 Å². The summed E-state index contributed by atoms with van der Waals surface area (Å²) in [5, 5.41) is 10.8. The van der Waals surface area contributed by atoms with Crippen molar-refractivity contribution in [3.8, 4) is 6.07 Å². The van der Waals surface area contributed by atoms with Crippen LogP contribution in [0.2, 0.25) is 0 Å². The predicted molar refractivity (Wildman–Crippen MR) is 147 cm³/mol. The first-order valence-corrected chi connectivity index (χ1v) is 13.6. The summed E-state index contributed by atoms with van der Waals surface area (Å²) in [6.07, 6.45) is 1.62. The summed E-state index contributed by atoms with van der Waals surface area (Å²) < 4.78 is -0.351. The number of hydrogen-bond acceptors (Lipinski definition) is 6. The highest BCUT2D eigenvalue weighted by molar-refractivity contribution is 7.07.